The van der Waals surface area contributed by atoms with Gasteiger partial charge in [0.2, 0.25) is 0 Å². The lowest BCUT2D eigenvalue weighted by Crippen LogP contribution is -2.43. The zero-order chi connectivity index (χ0) is 15.6. The second-order valence-corrected chi connectivity index (χ2v) is 6.58. The molecule has 1 aromatic rings. The van der Waals surface area contributed by atoms with Crippen LogP contribution in [-0.4, -0.2) is 37.5 Å². The van der Waals surface area contributed by atoms with E-state index >= 15 is 0 Å². The maximum absolute atomic E-state index is 13.5. The molecule has 1 aliphatic heterocycles. The van der Waals surface area contributed by atoms with Crippen molar-refractivity contribution in [2.45, 2.75) is 12.8 Å². The number of nitrogens with zero attached hydrogens (tertiary/aromatic N) is 1. The number of piperidine rings is 1. The normalized spacial score (nSPS) is 20.5. The Morgan fingerprint density at radius 2 is 2.05 bits per heavy atom. The van der Waals surface area contributed by atoms with Gasteiger partial charge in [-0.15, -0.1) is 0 Å². The Morgan fingerprint density at radius 1 is 1.33 bits per heavy atom. The van der Waals surface area contributed by atoms with Crippen molar-refractivity contribution in [3.63, 3.8) is 0 Å². The highest BCUT2D eigenvalue weighted by atomic mass is 32.2. The maximum Gasteiger partial charge on any atom is 0.301 e. The number of halogens is 3. The fourth-order valence-electron chi connectivity index (χ4n) is 2.23. The van der Waals surface area contributed by atoms with Crippen molar-refractivity contribution in [2.75, 3.05) is 24.4 Å². The Labute approximate surface area is 120 Å². The summed E-state index contributed by atoms with van der Waals surface area (Å²) in [4.78, 5) is 0. The number of aliphatic hydroxyl groups is 1. The predicted octanol–water partition coefficient (Wildman–Crippen LogP) is 1.46. The van der Waals surface area contributed by atoms with E-state index < -0.39 is 33.3 Å². The predicted molar refractivity (Wildman–Crippen MR) is 70.2 cm³/mol. The van der Waals surface area contributed by atoms with Crippen LogP contribution in [0.3, 0.4) is 0 Å². The van der Waals surface area contributed by atoms with E-state index in [-0.39, 0.29) is 25.6 Å². The summed E-state index contributed by atoms with van der Waals surface area (Å²) in [6.07, 6.45) is 1.23. The Hall–Kier alpha value is -1.32. The Kier molecular flexibility index (Phi) is 4.74. The molecule has 9 heteroatoms. The molecular weight excluding hydrogens is 309 g/mol. The number of aliphatic hydroxyl groups excluding tert-OH is 1. The number of nitrogens with one attached hydrogen (secondary N) is 1. The summed E-state index contributed by atoms with van der Waals surface area (Å²) in [5.74, 6) is -4.22. The molecule has 0 amide bonds. The molecule has 1 heterocycles. The zero-order valence-corrected chi connectivity index (χ0v) is 11.8. The summed E-state index contributed by atoms with van der Waals surface area (Å²) in [7, 11) is -4.14. The molecule has 1 unspecified atom stereocenters. The van der Waals surface area contributed by atoms with Gasteiger partial charge >= 0.3 is 10.2 Å². The molecule has 0 radical (unpaired) electrons. The molecule has 1 aliphatic rings. The Bertz CT molecular complexity index is 624. The lowest BCUT2D eigenvalue weighted by atomic mass is 10.0. The first-order valence-electron chi connectivity index (χ1n) is 6.37. The van der Waals surface area contributed by atoms with Crippen LogP contribution in [0.2, 0.25) is 0 Å². The van der Waals surface area contributed by atoms with Gasteiger partial charge in [0.05, 0.1) is 5.69 Å². The van der Waals surface area contributed by atoms with E-state index in [0.717, 1.165) is 4.31 Å². The molecule has 118 valence electrons. The standard InChI is InChI=1S/C12H15F3N2O3S/c13-9-4-10(14)12(15)11(5-9)16-21(19,20)17-3-1-2-8(6-17)7-18/h4-5,8,16,18H,1-3,6-7H2. The molecule has 0 spiro atoms. The first-order chi connectivity index (χ1) is 9.83. The minimum Gasteiger partial charge on any atom is -0.396 e. The quantitative estimate of drug-likeness (QED) is 0.824. The van der Waals surface area contributed by atoms with Gasteiger partial charge in [0.25, 0.3) is 0 Å². The van der Waals surface area contributed by atoms with Crippen LogP contribution in [0.5, 0.6) is 0 Å². The molecule has 1 saturated heterocycles. The molecule has 0 bridgehead atoms. The molecular formula is C12H15F3N2O3S. The van der Waals surface area contributed by atoms with Crippen molar-refractivity contribution in [2.24, 2.45) is 5.92 Å². The van der Waals surface area contributed by atoms with Crippen molar-refractivity contribution in [3.8, 4) is 0 Å². The Morgan fingerprint density at radius 3 is 2.71 bits per heavy atom. The van der Waals surface area contributed by atoms with Crippen LogP contribution in [0.1, 0.15) is 12.8 Å². The number of benzene rings is 1. The van der Waals surface area contributed by atoms with Crippen molar-refractivity contribution in [1.29, 1.82) is 0 Å². The smallest absolute Gasteiger partial charge is 0.301 e. The van der Waals surface area contributed by atoms with E-state index in [1.165, 1.54) is 0 Å². The number of rotatable bonds is 4. The van der Waals surface area contributed by atoms with Gasteiger partial charge in [0.15, 0.2) is 11.6 Å². The van der Waals surface area contributed by atoms with Gasteiger partial charge in [-0.1, -0.05) is 0 Å². The second-order valence-electron chi connectivity index (χ2n) is 4.91. The Balaban J connectivity index is 2.21. The third-order valence-electron chi connectivity index (χ3n) is 3.31. The van der Waals surface area contributed by atoms with Crippen LogP contribution in [0.15, 0.2) is 12.1 Å². The van der Waals surface area contributed by atoms with Crippen LogP contribution in [0.25, 0.3) is 0 Å². The number of hydrogen-bond donors (Lipinski definition) is 2. The zero-order valence-electron chi connectivity index (χ0n) is 11.0. The van der Waals surface area contributed by atoms with Gasteiger partial charge in [-0.25, -0.2) is 13.2 Å². The monoisotopic (exact) mass is 324 g/mol. The SMILES string of the molecule is O=S(=O)(Nc1cc(F)cc(F)c1F)N1CCCC(CO)C1. The van der Waals surface area contributed by atoms with Crippen molar-refractivity contribution in [1.82, 2.24) is 4.31 Å². The molecule has 2 rings (SSSR count). The first kappa shape index (κ1) is 16.1. The first-order valence-corrected chi connectivity index (χ1v) is 7.81. The minimum atomic E-state index is -4.14. The average molecular weight is 324 g/mol. The molecule has 0 aliphatic carbocycles. The summed E-state index contributed by atoms with van der Waals surface area (Å²) in [6.45, 7) is 0.117. The highest BCUT2D eigenvalue weighted by molar-refractivity contribution is 7.90. The van der Waals surface area contributed by atoms with Crippen LogP contribution in [0.4, 0.5) is 18.9 Å². The molecule has 5 nitrogen and oxygen atoms in total. The van der Waals surface area contributed by atoms with Gasteiger partial charge in [-0.05, 0) is 18.8 Å². The van der Waals surface area contributed by atoms with Gasteiger partial charge in [-0.3, -0.25) is 4.72 Å². The van der Waals surface area contributed by atoms with Crippen molar-refractivity contribution in [3.05, 3.63) is 29.6 Å². The van der Waals surface area contributed by atoms with E-state index in [9.17, 15) is 21.6 Å². The van der Waals surface area contributed by atoms with E-state index in [0.29, 0.717) is 25.0 Å². The molecule has 21 heavy (non-hydrogen) atoms. The van der Waals surface area contributed by atoms with Crippen LogP contribution >= 0.6 is 0 Å². The molecule has 1 atom stereocenters. The van der Waals surface area contributed by atoms with E-state index in [2.05, 4.69) is 0 Å². The topological polar surface area (TPSA) is 69.6 Å². The second kappa shape index (κ2) is 6.20. The molecule has 1 fully saturated rings. The van der Waals surface area contributed by atoms with Gasteiger partial charge < -0.3 is 5.11 Å². The fraction of sp³-hybridized carbons (Fsp3) is 0.500. The van der Waals surface area contributed by atoms with Crippen molar-refractivity contribution >= 4 is 15.9 Å². The molecule has 2 N–H and O–H groups in total. The van der Waals surface area contributed by atoms with Gasteiger partial charge in [0.1, 0.15) is 5.82 Å². The molecule has 1 aromatic carbocycles. The summed E-state index contributed by atoms with van der Waals surface area (Å²) < 4.78 is 66.7. The van der Waals surface area contributed by atoms with Crippen molar-refractivity contribution < 1.29 is 26.7 Å². The lowest BCUT2D eigenvalue weighted by Gasteiger charge is -2.31. The highest BCUT2D eigenvalue weighted by Crippen LogP contribution is 2.23. The third-order valence-corrected chi connectivity index (χ3v) is 4.80. The van der Waals surface area contributed by atoms with Crippen LogP contribution < -0.4 is 4.72 Å². The van der Waals surface area contributed by atoms with Gasteiger partial charge in [-0.2, -0.15) is 12.7 Å². The minimum absolute atomic E-state index is 0.0747. The summed E-state index contributed by atoms with van der Waals surface area (Å²) in [6, 6.07) is 0.902. The number of hydrogen-bond acceptors (Lipinski definition) is 3. The van der Waals surface area contributed by atoms with E-state index in [1.807, 2.05) is 4.72 Å². The number of anilines is 1. The fourth-order valence-corrected chi connectivity index (χ4v) is 3.56. The third kappa shape index (κ3) is 3.66. The van der Waals surface area contributed by atoms with Gasteiger partial charge in [0, 0.05) is 31.8 Å². The highest BCUT2D eigenvalue weighted by Gasteiger charge is 2.29. The average Bonchev–Trinajstić information content (AvgIpc) is 2.44. The summed E-state index contributed by atoms with van der Waals surface area (Å²) in [5, 5.41) is 9.08. The summed E-state index contributed by atoms with van der Waals surface area (Å²) in [5.41, 5.74) is -0.779. The largest absolute Gasteiger partial charge is 0.396 e. The molecule has 0 saturated carbocycles. The van der Waals surface area contributed by atoms with E-state index in [4.69, 9.17) is 5.11 Å². The summed E-state index contributed by atoms with van der Waals surface area (Å²) >= 11 is 0. The molecule has 0 aromatic heterocycles. The van der Waals surface area contributed by atoms with Crippen LogP contribution in [-0.2, 0) is 10.2 Å². The maximum atomic E-state index is 13.5. The van der Waals surface area contributed by atoms with E-state index in [1.54, 1.807) is 0 Å². The van der Waals surface area contributed by atoms with Crippen LogP contribution in [0, 0.1) is 23.4 Å². The lowest BCUT2D eigenvalue weighted by molar-refractivity contribution is 0.166.